The number of halogens is 6. The van der Waals surface area contributed by atoms with Crippen LogP contribution in [-0.4, -0.2) is 0 Å². The fourth-order valence-corrected chi connectivity index (χ4v) is 6.38. The zero-order valence-electron chi connectivity index (χ0n) is 12.0. The van der Waals surface area contributed by atoms with Crippen LogP contribution in [0.2, 0.25) is 30.1 Å². The van der Waals surface area contributed by atoms with E-state index in [0.29, 0.717) is 30.1 Å². The standard InChI is InChI=1S/C16H6Cl6S3/c17-9-2-1-7(3-10(9)18)24-25-14-5-12(20)11(19)4-8(14)16-15(22)13(21)6-23-16/h1-6H. The summed E-state index contributed by atoms with van der Waals surface area (Å²) in [6.07, 6.45) is 0. The molecule has 130 valence electrons. The summed E-state index contributed by atoms with van der Waals surface area (Å²) in [5, 5.41) is 4.78. The Morgan fingerprint density at radius 1 is 0.680 bits per heavy atom. The second-order valence-electron chi connectivity index (χ2n) is 4.73. The Bertz CT molecular complexity index is 938. The highest BCUT2D eigenvalue weighted by Crippen LogP contribution is 2.49. The van der Waals surface area contributed by atoms with Crippen molar-refractivity contribution in [2.24, 2.45) is 0 Å². The molecule has 0 aliphatic heterocycles. The molecule has 0 spiro atoms. The minimum Gasteiger partial charge on any atom is -0.141 e. The highest BCUT2D eigenvalue weighted by atomic mass is 35.5. The van der Waals surface area contributed by atoms with Crippen molar-refractivity contribution in [3.63, 3.8) is 0 Å². The minimum atomic E-state index is 0.459. The quantitative estimate of drug-likeness (QED) is 0.323. The molecule has 0 unspecified atom stereocenters. The topological polar surface area (TPSA) is 0 Å². The monoisotopic (exact) mass is 504 g/mol. The molecule has 2 aromatic carbocycles. The van der Waals surface area contributed by atoms with Gasteiger partial charge in [0.25, 0.3) is 0 Å². The van der Waals surface area contributed by atoms with Gasteiger partial charge in [-0.2, -0.15) is 0 Å². The van der Waals surface area contributed by atoms with E-state index in [0.717, 1.165) is 20.2 Å². The van der Waals surface area contributed by atoms with E-state index in [9.17, 15) is 0 Å². The van der Waals surface area contributed by atoms with Gasteiger partial charge in [0.05, 0.1) is 35.0 Å². The predicted octanol–water partition coefficient (Wildman–Crippen LogP) is 10.1. The normalized spacial score (nSPS) is 11.1. The zero-order valence-corrected chi connectivity index (χ0v) is 18.9. The average molecular weight is 507 g/mol. The van der Waals surface area contributed by atoms with E-state index < -0.39 is 0 Å². The van der Waals surface area contributed by atoms with Crippen LogP contribution in [0.5, 0.6) is 0 Å². The van der Waals surface area contributed by atoms with Gasteiger partial charge in [0, 0.05) is 20.7 Å². The molecular formula is C16H6Cl6S3. The van der Waals surface area contributed by atoms with Crippen molar-refractivity contribution in [1.29, 1.82) is 0 Å². The third-order valence-corrected chi connectivity index (χ3v) is 8.99. The van der Waals surface area contributed by atoms with Crippen LogP contribution in [0.25, 0.3) is 10.4 Å². The Hall–Kier alpha value is 0.580. The molecule has 0 nitrogen and oxygen atoms in total. The molecule has 0 saturated heterocycles. The molecule has 3 aromatic rings. The lowest BCUT2D eigenvalue weighted by Gasteiger charge is -2.10. The Labute approximate surface area is 187 Å². The maximum Gasteiger partial charge on any atom is 0.0779 e. The largest absolute Gasteiger partial charge is 0.141 e. The molecule has 0 fully saturated rings. The first kappa shape index (κ1) is 20.3. The molecule has 0 radical (unpaired) electrons. The lowest BCUT2D eigenvalue weighted by Crippen LogP contribution is -1.82. The van der Waals surface area contributed by atoms with Gasteiger partial charge in [0.15, 0.2) is 0 Å². The summed E-state index contributed by atoms with van der Waals surface area (Å²) in [5.41, 5.74) is 0.883. The third kappa shape index (κ3) is 4.71. The molecule has 1 heterocycles. The number of hydrogen-bond acceptors (Lipinski definition) is 3. The molecular weight excluding hydrogens is 501 g/mol. The lowest BCUT2D eigenvalue weighted by atomic mass is 10.2. The highest BCUT2D eigenvalue weighted by molar-refractivity contribution is 8.76. The van der Waals surface area contributed by atoms with Gasteiger partial charge < -0.3 is 0 Å². The molecule has 3 rings (SSSR count). The van der Waals surface area contributed by atoms with Crippen LogP contribution in [0, 0.1) is 0 Å². The summed E-state index contributed by atoms with van der Waals surface area (Å²) in [6, 6.07) is 9.10. The van der Waals surface area contributed by atoms with E-state index in [4.69, 9.17) is 69.6 Å². The Morgan fingerprint density at radius 2 is 1.36 bits per heavy atom. The van der Waals surface area contributed by atoms with Crippen LogP contribution in [0.4, 0.5) is 0 Å². The van der Waals surface area contributed by atoms with Crippen molar-refractivity contribution in [2.45, 2.75) is 9.79 Å². The molecule has 0 bridgehead atoms. The van der Waals surface area contributed by atoms with Crippen LogP contribution >= 0.6 is 103 Å². The zero-order chi connectivity index (χ0) is 18.1. The second kappa shape index (κ2) is 8.72. The molecule has 0 saturated carbocycles. The van der Waals surface area contributed by atoms with Gasteiger partial charge in [-0.15, -0.1) is 11.3 Å². The molecule has 9 heteroatoms. The first-order valence-electron chi connectivity index (χ1n) is 6.58. The number of thiophene rings is 1. The maximum absolute atomic E-state index is 6.32. The number of hydrogen-bond donors (Lipinski definition) is 0. The number of rotatable bonds is 4. The van der Waals surface area contributed by atoms with Gasteiger partial charge in [0.1, 0.15) is 0 Å². The summed E-state index contributed by atoms with van der Waals surface area (Å²) in [6.45, 7) is 0. The van der Waals surface area contributed by atoms with Crippen molar-refractivity contribution in [2.75, 3.05) is 0 Å². The van der Waals surface area contributed by atoms with Crippen LogP contribution in [-0.2, 0) is 0 Å². The van der Waals surface area contributed by atoms with E-state index in [-0.39, 0.29) is 0 Å². The Balaban J connectivity index is 1.96. The summed E-state index contributed by atoms with van der Waals surface area (Å²) in [5.74, 6) is 0. The predicted molar refractivity (Wildman–Crippen MR) is 118 cm³/mol. The minimum absolute atomic E-state index is 0.459. The van der Waals surface area contributed by atoms with Gasteiger partial charge in [-0.3, -0.25) is 0 Å². The van der Waals surface area contributed by atoms with E-state index in [1.807, 2.05) is 18.2 Å². The molecule has 25 heavy (non-hydrogen) atoms. The van der Waals surface area contributed by atoms with Gasteiger partial charge >= 0.3 is 0 Å². The van der Waals surface area contributed by atoms with Crippen molar-refractivity contribution in [3.8, 4) is 10.4 Å². The first-order valence-corrected chi connectivity index (χ1v) is 11.9. The third-order valence-electron chi connectivity index (χ3n) is 3.08. The first-order chi connectivity index (χ1) is 11.9. The molecule has 0 N–H and O–H groups in total. The Kier molecular flexibility index (Phi) is 7.09. The number of benzene rings is 2. The van der Waals surface area contributed by atoms with Gasteiger partial charge in [-0.25, -0.2) is 0 Å². The fourth-order valence-electron chi connectivity index (χ4n) is 1.90. The van der Waals surface area contributed by atoms with E-state index in [1.54, 1.807) is 17.5 Å². The van der Waals surface area contributed by atoms with Gasteiger partial charge in [0.2, 0.25) is 0 Å². The summed E-state index contributed by atoms with van der Waals surface area (Å²) < 4.78 is 0. The summed E-state index contributed by atoms with van der Waals surface area (Å²) in [7, 11) is 3.06. The maximum atomic E-state index is 6.32. The van der Waals surface area contributed by atoms with Crippen LogP contribution < -0.4 is 0 Å². The van der Waals surface area contributed by atoms with Crippen LogP contribution in [0.3, 0.4) is 0 Å². The molecule has 0 atom stereocenters. The summed E-state index contributed by atoms with van der Waals surface area (Å²) in [4.78, 5) is 2.74. The fraction of sp³-hybridized carbons (Fsp3) is 0. The summed E-state index contributed by atoms with van der Waals surface area (Å²) >= 11 is 38.3. The molecule has 0 aliphatic carbocycles. The van der Waals surface area contributed by atoms with Gasteiger partial charge in [-0.1, -0.05) is 91.2 Å². The Morgan fingerprint density at radius 3 is 2.00 bits per heavy atom. The average Bonchev–Trinajstić information content (AvgIpc) is 2.91. The van der Waals surface area contributed by atoms with Crippen LogP contribution in [0.15, 0.2) is 45.5 Å². The van der Waals surface area contributed by atoms with Crippen LogP contribution in [0.1, 0.15) is 0 Å². The lowest BCUT2D eigenvalue weighted by molar-refractivity contribution is 1.47. The van der Waals surface area contributed by atoms with Crippen molar-refractivity contribution in [3.05, 3.63) is 65.8 Å². The van der Waals surface area contributed by atoms with Crippen molar-refractivity contribution < 1.29 is 0 Å². The molecule has 0 amide bonds. The van der Waals surface area contributed by atoms with Gasteiger partial charge in [-0.05, 0) is 30.3 Å². The van der Waals surface area contributed by atoms with E-state index >= 15 is 0 Å². The van der Waals surface area contributed by atoms with E-state index in [1.165, 1.54) is 32.9 Å². The van der Waals surface area contributed by atoms with E-state index in [2.05, 4.69) is 0 Å². The SMILES string of the molecule is Clc1ccc(SSc2cc(Cl)c(Cl)cc2-c2scc(Cl)c2Cl)cc1Cl. The van der Waals surface area contributed by atoms with Crippen molar-refractivity contribution in [1.82, 2.24) is 0 Å². The highest BCUT2D eigenvalue weighted by Gasteiger charge is 2.17. The smallest absolute Gasteiger partial charge is 0.0779 e. The molecule has 0 aliphatic rings. The second-order valence-corrected chi connectivity index (χ2v) is 10.3. The van der Waals surface area contributed by atoms with Crippen molar-refractivity contribution >= 4 is 103 Å². The molecule has 1 aromatic heterocycles.